The van der Waals surface area contributed by atoms with Gasteiger partial charge in [-0.15, -0.1) is 0 Å². The van der Waals surface area contributed by atoms with E-state index < -0.39 is 85.8 Å². The fourth-order valence-corrected chi connectivity index (χ4v) is 11.4. The number of allylic oxidation sites excluding steroid dienone is 1. The predicted molar refractivity (Wildman–Crippen MR) is 262 cm³/mol. The first kappa shape index (κ1) is 59.3. The highest BCUT2D eigenvalue weighted by Gasteiger charge is 2.54. The van der Waals surface area contributed by atoms with E-state index >= 15 is 8.63 Å². The molecule has 412 valence electrons. The third-order valence-corrected chi connectivity index (χ3v) is 15.4. The highest BCUT2D eigenvalue weighted by molar-refractivity contribution is 7.66. The van der Waals surface area contributed by atoms with Gasteiger partial charge in [-0.25, -0.2) is 18.5 Å². The number of ether oxygens (including phenoxy) is 4. The summed E-state index contributed by atoms with van der Waals surface area (Å²) in [5, 5.41) is 8.80. The van der Waals surface area contributed by atoms with Crippen molar-refractivity contribution in [3.05, 3.63) is 97.7 Å². The molecule has 0 radical (unpaired) electrons. The molecule has 1 saturated heterocycles. The standard InChI is InChI=1S/C42H54BF2N10O18P3/c1-27-20-28(2)54-36(27)22-32-11-10-31(55(32)43(54,44)45)12-13-33(56)8-5-17-49-41(58)29-6-3-9-34(21-29)69-26-38(51-52-47)68-19-18-67-25-37(57)48-16-4-7-30-23-53(42(59)50-40(30)46)39-15-14-35(71-39)24-70-75(63,64)73-76(65,66)72-74(60,61)62/h3,6,9-11,20-21,23,32,35,38-39H,5,8,12-19,22,24-26H2,1-2H3,(H,48,57)(H,49,58)(H,63,64)(H,65,66)(H2,46,50,59)(H2,60,61,62)/t32?,35-,38?,39+/m0/s1. The van der Waals surface area contributed by atoms with Gasteiger partial charge < -0.3 is 72.5 Å². The molecule has 28 nitrogen and oxygen atoms in total. The van der Waals surface area contributed by atoms with Gasteiger partial charge >= 0.3 is 36.1 Å². The maximum atomic E-state index is 15.7. The van der Waals surface area contributed by atoms with Gasteiger partial charge in [0.05, 0.1) is 38.0 Å². The molecule has 34 heteroatoms. The Kier molecular flexibility index (Phi) is 20.3. The molecule has 1 fully saturated rings. The number of carbonyl (C=O) groups is 3. The van der Waals surface area contributed by atoms with E-state index in [2.05, 4.69) is 50.6 Å². The van der Waals surface area contributed by atoms with E-state index in [0.29, 0.717) is 29.9 Å². The smallest absolute Gasteiger partial charge is 0.491 e. The molecular weight excluding hydrogens is 1070 g/mol. The van der Waals surface area contributed by atoms with Crippen molar-refractivity contribution in [3.63, 3.8) is 0 Å². The summed E-state index contributed by atoms with van der Waals surface area (Å²) in [6.45, 7) is -2.15. The van der Waals surface area contributed by atoms with Crippen LogP contribution in [0.4, 0.5) is 14.4 Å². The minimum atomic E-state index is -5.72. The third kappa shape index (κ3) is 16.8. The van der Waals surface area contributed by atoms with Crippen LogP contribution in [0.1, 0.15) is 77.6 Å². The Labute approximate surface area is 431 Å². The fourth-order valence-electron chi connectivity index (χ4n) is 8.37. The van der Waals surface area contributed by atoms with Gasteiger partial charge in [-0.1, -0.05) is 23.0 Å². The van der Waals surface area contributed by atoms with Crippen molar-refractivity contribution in [2.24, 2.45) is 5.11 Å². The van der Waals surface area contributed by atoms with Crippen LogP contribution >= 0.6 is 23.5 Å². The summed E-state index contributed by atoms with van der Waals surface area (Å²) in [6.07, 6.45) is 3.12. The highest BCUT2D eigenvalue weighted by Crippen LogP contribution is 2.66. The van der Waals surface area contributed by atoms with Gasteiger partial charge in [0.1, 0.15) is 48.5 Å². The zero-order valence-electron chi connectivity index (χ0n) is 40.7. The Morgan fingerprint density at radius 3 is 2.62 bits per heavy atom. The largest absolute Gasteiger partial charge is 0.732 e. The summed E-state index contributed by atoms with van der Waals surface area (Å²) in [5.41, 5.74) is 16.8. The summed E-state index contributed by atoms with van der Waals surface area (Å²) >= 11 is 0. The molecule has 3 aliphatic rings. The average molecular weight is 1130 g/mol. The van der Waals surface area contributed by atoms with Crippen LogP contribution in [0.15, 0.2) is 58.6 Å². The number of nitrogen functional groups attached to an aromatic ring is 1. The minimum absolute atomic E-state index is 0.0698. The summed E-state index contributed by atoms with van der Waals surface area (Å²) in [7, 11) is -16.7. The van der Waals surface area contributed by atoms with E-state index in [1.165, 1.54) is 16.7 Å². The average Bonchev–Trinajstić information content (AvgIpc) is 4.06. The summed E-state index contributed by atoms with van der Waals surface area (Å²) in [5.74, 6) is 4.22. The number of benzene rings is 1. The molecule has 3 aliphatic heterocycles. The number of aryl methyl sites for hydroxylation is 2. The Hall–Kier alpha value is -5.92. The first-order chi connectivity index (χ1) is 35.8. The molecule has 2 amide bonds. The van der Waals surface area contributed by atoms with Gasteiger partial charge in [-0.2, -0.15) is 13.6 Å². The van der Waals surface area contributed by atoms with Crippen molar-refractivity contribution in [1.82, 2.24) is 24.7 Å². The van der Waals surface area contributed by atoms with E-state index in [9.17, 15) is 42.7 Å². The number of nitrogens with one attached hydrogen (secondary N) is 2. The zero-order valence-corrected chi connectivity index (χ0v) is 43.4. The number of ketones is 1. The van der Waals surface area contributed by atoms with Crippen LogP contribution in [-0.2, 0) is 57.1 Å². The molecule has 6 atom stereocenters. The van der Waals surface area contributed by atoms with Crippen molar-refractivity contribution >= 4 is 59.6 Å². The second kappa shape index (κ2) is 26.0. The molecule has 0 saturated carbocycles. The maximum Gasteiger partial charge on any atom is 0.732 e. The van der Waals surface area contributed by atoms with Crippen LogP contribution < -0.4 is 26.8 Å². The monoisotopic (exact) mass is 1130 g/mol. The number of rotatable bonds is 27. The third-order valence-electron chi connectivity index (χ3n) is 11.6. The number of nitrogens with zero attached hydrogens (tertiary/aromatic N) is 7. The summed E-state index contributed by atoms with van der Waals surface area (Å²) in [4.78, 5) is 93.4. The number of halogens is 2. The molecule has 3 aromatic rings. The molecular formula is C42H54BF2N10O18P3. The number of amides is 2. The van der Waals surface area contributed by atoms with Crippen LogP contribution in [-0.4, -0.2) is 133 Å². The van der Waals surface area contributed by atoms with Gasteiger partial charge in [0.2, 0.25) is 5.91 Å². The van der Waals surface area contributed by atoms with Crippen molar-refractivity contribution in [2.45, 2.75) is 83.4 Å². The zero-order chi connectivity index (χ0) is 55.4. The molecule has 6 rings (SSSR count). The molecule has 0 spiro atoms. The molecule has 5 heterocycles. The second-order valence-corrected chi connectivity index (χ2v) is 21.6. The first-order valence-corrected chi connectivity index (χ1v) is 27.7. The van der Waals surface area contributed by atoms with Crippen molar-refractivity contribution < 1.29 is 92.9 Å². The molecule has 1 aromatic carbocycles. The summed E-state index contributed by atoms with van der Waals surface area (Å²) in [6, 6.07) is 7.48. The SMILES string of the molecule is Cc1cc(C)n2c1CC1C=CC(CCC(=O)CCCNC(=O)c3cccc(OCC(N=[N+]=[N-])OCCOCC(=O)NCC#Cc4cn([C@H]5CC[C@@H](COP(=O)(O)OP(=O)(O)OP(=O)(O)O)O5)c(=O)nc4N)c3)=[N+]1[B-]2(F)F. The quantitative estimate of drug-likeness (QED) is 0.0110. The first-order valence-electron chi connectivity index (χ1n) is 23.2. The number of hydrogen-bond acceptors (Lipinski definition) is 17. The lowest BCUT2D eigenvalue weighted by Gasteiger charge is -2.35. The number of hydrogen-bond donors (Lipinski definition) is 7. The number of phosphoric acid groups is 3. The lowest BCUT2D eigenvalue weighted by molar-refractivity contribution is -0.457. The number of aromatic nitrogens is 3. The fraction of sp³-hybridized carbons (Fsp3) is 0.476. The lowest BCUT2D eigenvalue weighted by atomic mass is 9.86. The minimum Gasteiger partial charge on any atom is -0.491 e. The van der Waals surface area contributed by atoms with Gasteiger partial charge in [0.25, 0.3) is 5.91 Å². The van der Waals surface area contributed by atoms with Crippen LogP contribution in [0, 0.1) is 25.7 Å². The van der Waals surface area contributed by atoms with E-state index in [-0.39, 0.29) is 93.5 Å². The maximum absolute atomic E-state index is 15.7. The number of anilines is 1. The number of phosphoric ester groups is 1. The number of carbonyl (C=O) groups excluding carboxylic acids is 3. The van der Waals surface area contributed by atoms with Gasteiger partial charge in [0.15, 0.2) is 6.23 Å². The molecule has 0 aliphatic carbocycles. The van der Waals surface area contributed by atoms with Crippen molar-refractivity contribution in [1.29, 1.82) is 0 Å². The Balaban J connectivity index is 0.847. The van der Waals surface area contributed by atoms with Crippen LogP contribution in [0.25, 0.3) is 10.4 Å². The molecule has 8 N–H and O–H groups in total. The van der Waals surface area contributed by atoms with E-state index in [1.807, 2.05) is 6.92 Å². The van der Waals surface area contributed by atoms with Crippen molar-refractivity contribution in [3.8, 4) is 17.6 Å². The topological polar surface area (TPSA) is 390 Å². The Morgan fingerprint density at radius 1 is 1.09 bits per heavy atom. The van der Waals surface area contributed by atoms with Gasteiger partial charge in [0, 0.05) is 55.0 Å². The Morgan fingerprint density at radius 2 is 1.87 bits per heavy atom. The number of Topliss-reactive ketones (excluding diaryl/α,β-unsaturated/α-hetero) is 1. The van der Waals surface area contributed by atoms with E-state index in [4.69, 9.17) is 40.0 Å². The van der Waals surface area contributed by atoms with E-state index in [0.717, 1.165) is 14.6 Å². The molecule has 76 heavy (non-hydrogen) atoms. The highest BCUT2D eigenvalue weighted by atomic mass is 31.3. The lowest BCUT2D eigenvalue weighted by Crippen LogP contribution is -2.57. The van der Waals surface area contributed by atoms with Crippen molar-refractivity contribution in [2.75, 3.05) is 51.9 Å². The number of nitrogens with two attached hydrogens (primary N) is 1. The Bertz CT molecular complexity index is 3060. The van der Waals surface area contributed by atoms with Gasteiger partial charge in [-0.3, -0.25) is 23.5 Å². The van der Waals surface area contributed by atoms with Gasteiger partial charge in [-0.05, 0) is 85.9 Å². The molecule has 2 aromatic heterocycles. The predicted octanol–water partition coefficient (Wildman–Crippen LogP) is 3.21. The van der Waals surface area contributed by atoms with Crippen LogP contribution in [0.5, 0.6) is 5.75 Å². The van der Waals surface area contributed by atoms with Crippen LogP contribution in [0.3, 0.4) is 0 Å². The number of fused-ring (bicyclic) bond motifs is 2. The normalized spacial score (nSPS) is 19.5. The number of azide groups is 1. The molecule has 4 unspecified atom stereocenters. The summed E-state index contributed by atoms with van der Waals surface area (Å²) < 4.78 is 103. The van der Waals surface area contributed by atoms with E-state index in [1.54, 1.807) is 43.3 Å². The van der Waals surface area contributed by atoms with Crippen LogP contribution in [0.2, 0.25) is 0 Å². The molecule has 0 bridgehead atoms. The second-order valence-electron chi connectivity index (χ2n) is 17.2.